The van der Waals surface area contributed by atoms with Crippen LogP contribution in [0, 0.1) is 0 Å². The second-order valence-electron chi connectivity index (χ2n) is 5.67. The van der Waals surface area contributed by atoms with E-state index in [2.05, 4.69) is 26.8 Å². The van der Waals surface area contributed by atoms with Gasteiger partial charge in [0, 0.05) is 6.08 Å². The van der Waals surface area contributed by atoms with Gasteiger partial charge in [-0.05, 0) is 53.4 Å². The predicted molar refractivity (Wildman–Crippen MR) is 72.6 cm³/mol. The quantitative estimate of drug-likeness (QED) is 0.427. The molecule has 18 heavy (non-hydrogen) atoms. The van der Waals surface area contributed by atoms with Crippen LogP contribution in [0.4, 0.5) is 0 Å². The molecular weight excluding hydrogens is 228 g/mol. The Hall–Kier alpha value is -1.09. The maximum Gasteiger partial charge on any atom is 0.328 e. The van der Waals surface area contributed by atoms with Crippen molar-refractivity contribution in [1.29, 1.82) is 0 Å². The van der Waals surface area contributed by atoms with Crippen molar-refractivity contribution in [3.8, 4) is 0 Å². The minimum atomic E-state index is -0.860. The van der Waals surface area contributed by atoms with Crippen LogP contribution in [0.2, 0.25) is 0 Å². The first kappa shape index (κ1) is 15.0. The molecule has 0 saturated carbocycles. The van der Waals surface area contributed by atoms with Gasteiger partial charge in [0.15, 0.2) is 0 Å². The van der Waals surface area contributed by atoms with Crippen molar-refractivity contribution in [3.63, 3.8) is 0 Å². The number of aliphatic carboxylic acids is 1. The van der Waals surface area contributed by atoms with Gasteiger partial charge in [0.2, 0.25) is 0 Å². The Morgan fingerprint density at radius 2 is 1.89 bits per heavy atom. The third kappa shape index (κ3) is 5.50. The number of carboxylic acid groups (broad SMARTS) is 1. The summed E-state index contributed by atoms with van der Waals surface area (Å²) >= 11 is 0. The molecule has 1 N–H and O–H groups in total. The average Bonchev–Trinajstić information content (AvgIpc) is 2.82. The van der Waals surface area contributed by atoms with Crippen LogP contribution in [-0.2, 0) is 9.53 Å². The topological polar surface area (TPSA) is 49.8 Å². The molecule has 0 spiro atoms. The van der Waals surface area contributed by atoms with Gasteiger partial charge in [0.25, 0.3) is 0 Å². The third-order valence-electron chi connectivity index (χ3n) is 3.37. The molecule has 0 aliphatic carbocycles. The highest BCUT2D eigenvalue weighted by Gasteiger charge is 2.46. The van der Waals surface area contributed by atoms with Crippen molar-refractivity contribution in [2.75, 3.05) is 0 Å². The summed E-state index contributed by atoms with van der Waals surface area (Å²) in [6, 6.07) is 0. The van der Waals surface area contributed by atoms with Gasteiger partial charge in [0.05, 0.1) is 11.7 Å². The zero-order valence-corrected chi connectivity index (χ0v) is 11.8. The van der Waals surface area contributed by atoms with Crippen LogP contribution in [0.3, 0.4) is 0 Å². The van der Waals surface area contributed by atoms with Crippen molar-refractivity contribution in [3.05, 3.63) is 23.3 Å². The lowest BCUT2D eigenvalue weighted by atomic mass is 10.0. The molecule has 1 heterocycles. The van der Waals surface area contributed by atoms with E-state index in [1.165, 1.54) is 11.6 Å². The summed E-state index contributed by atoms with van der Waals surface area (Å²) < 4.78 is 5.54. The largest absolute Gasteiger partial charge is 0.478 e. The molecule has 1 aliphatic heterocycles. The lowest BCUT2D eigenvalue weighted by Gasteiger charge is -2.01. The average molecular weight is 252 g/mol. The van der Waals surface area contributed by atoms with E-state index in [1.807, 2.05) is 6.92 Å². The Balaban J connectivity index is 2.20. The Morgan fingerprint density at radius 3 is 2.39 bits per heavy atom. The minimum Gasteiger partial charge on any atom is -0.478 e. The van der Waals surface area contributed by atoms with E-state index in [0.29, 0.717) is 6.10 Å². The fraction of sp³-hybridized carbons (Fsp3) is 0.667. The van der Waals surface area contributed by atoms with Crippen LogP contribution in [-0.4, -0.2) is 22.8 Å². The Labute approximate surface area is 110 Å². The molecule has 0 amide bonds. The molecule has 1 rings (SSSR count). The smallest absolute Gasteiger partial charge is 0.328 e. The number of hydrogen-bond acceptors (Lipinski definition) is 2. The normalized spacial score (nSPS) is 23.0. The van der Waals surface area contributed by atoms with Crippen LogP contribution >= 0.6 is 0 Å². The molecular formula is C15H24O3. The zero-order valence-electron chi connectivity index (χ0n) is 11.8. The maximum absolute atomic E-state index is 10.4. The van der Waals surface area contributed by atoms with Gasteiger partial charge in [-0.25, -0.2) is 4.79 Å². The Kier molecular flexibility index (Phi) is 5.15. The Morgan fingerprint density at radius 1 is 1.28 bits per heavy atom. The molecule has 3 nitrogen and oxygen atoms in total. The fourth-order valence-corrected chi connectivity index (χ4v) is 2.03. The van der Waals surface area contributed by atoms with E-state index in [0.717, 1.165) is 31.3 Å². The van der Waals surface area contributed by atoms with E-state index < -0.39 is 5.97 Å². The summed E-state index contributed by atoms with van der Waals surface area (Å²) in [5.74, 6) is -0.860. The van der Waals surface area contributed by atoms with Gasteiger partial charge in [-0.2, -0.15) is 0 Å². The molecule has 0 aromatic rings. The van der Waals surface area contributed by atoms with Crippen LogP contribution in [0.1, 0.15) is 53.4 Å². The summed E-state index contributed by atoms with van der Waals surface area (Å²) in [7, 11) is 0. The fourth-order valence-electron chi connectivity index (χ4n) is 2.03. The number of rotatable bonds is 7. The van der Waals surface area contributed by atoms with Crippen molar-refractivity contribution < 1.29 is 14.6 Å². The summed E-state index contributed by atoms with van der Waals surface area (Å²) in [4.78, 5) is 10.4. The molecule has 0 aromatic carbocycles. The molecule has 1 aliphatic rings. The van der Waals surface area contributed by atoms with Gasteiger partial charge in [0.1, 0.15) is 0 Å². The summed E-state index contributed by atoms with van der Waals surface area (Å²) in [5.41, 5.74) is 2.36. The van der Waals surface area contributed by atoms with E-state index in [-0.39, 0.29) is 5.60 Å². The van der Waals surface area contributed by atoms with Crippen LogP contribution in [0.5, 0.6) is 0 Å². The van der Waals surface area contributed by atoms with E-state index in [1.54, 1.807) is 0 Å². The molecule has 1 saturated heterocycles. The second kappa shape index (κ2) is 6.19. The first-order chi connectivity index (χ1) is 8.31. The molecule has 3 heteroatoms. The highest BCUT2D eigenvalue weighted by atomic mass is 16.6. The van der Waals surface area contributed by atoms with Gasteiger partial charge >= 0.3 is 5.97 Å². The van der Waals surface area contributed by atoms with Crippen LogP contribution in [0.15, 0.2) is 23.3 Å². The zero-order chi connectivity index (χ0) is 13.8. The maximum atomic E-state index is 10.4. The molecule has 1 fully saturated rings. The lowest BCUT2D eigenvalue weighted by Crippen LogP contribution is -2.02. The van der Waals surface area contributed by atoms with Gasteiger partial charge < -0.3 is 9.84 Å². The van der Waals surface area contributed by atoms with Gasteiger partial charge in [-0.1, -0.05) is 17.2 Å². The first-order valence-electron chi connectivity index (χ1n) is 6.55. The van der Waals surface area contributed by atoms with Crippen molar-refractivity contribution in [2.24, 2.45) is 0 Å². The molecule has 0 bridgehead atoms. The SMILES string of the molecule is C/C(=C\C(=O)O)CC/C=C(\C)CC[C@@H]1OC1(C)C. The number of allylic oxidation sites excluding steroid dienone is 3. The van der Waals surface area contributed by atoms with E-state index >= 15 is 0 Å². The molecule has 0 aromatic heterocycles. The monoisotopic (exact) mass is 252 g/mol. The van der Waals surface area contributed by atoms with Crippen molar-refractivity contribution in [2.45, 2.75) is 65.1 Å². The number of carbonyl (C=O) groups is 1. The number of epoxide rings is 1. The van der Waals surface area contributed by atoms with Crippen LogP contribution in [0.25, 0.3) is 0 Å². The third-order valence-corrected chi connectivity index (χ3v) is 3.37. The van der Waals surface area contributed by atoms with Crippen molar-refractivity contribution >= 4 is 5.97 Å². The predicted octanol–water partition coefficient (Wildman–Crippen LogP) is 3.70. The summed E-state index contributed by atoms with van der Waals surface area (Å²) in [6.45, 7) is 8.23. The number of carboxylic acids is 1. The van der Waals surface area contributed by atoms with Gasteiger partial charge in [-0.15, -0.1) is 0 Å². The van der Waals surface area contributed by atoms with Crippen LogP contribution < -0.4 is 0 Å². The molecule has 0 unspecified atom stereocenters. The number of ether oxygens (including phenoxy) is 1. The lowest BCUT2D eigenvalue weighted by molar-refractivity contribution is -0.131. The highest BCUT2D eigenvalue weighted by Crippen LogP contribution is 2.38. The van der Waals surface area contributed by atoms with E-state index in [4.69, 9.17) is 9.84 Å². The Bertz CT molecular complexity index is 364. The van der Waals surface area contributed by atoms with Crippen molar-refractivity contribution in [1.82, 2.24) is 0 Å². The summed E-state index contributed by atoms with van der Waals surface area (Å²) in [5, 5.41) is 8.59. The standard InChI is InChI=1S/C15H24O3/c1-11(8-9-13-15(3,4)18-13)6-5-7-12(2)10-14(16)17/h6,10,13H,5,7-9H2,1-4H3,(H,16,17)/b11-6+,12-10+/t13-/m0/s1. The molecule has 0 radical (unpaired) electrons. The highest BCUT2D eigenvalue weighted by molar-refractivity contribution is 5.80. The minimum absolute atomic E-state index is 0.0844. The second-order valence-corrected chi connectivity index (χ2v) is 5.67. The van der Waals surface area contributed by atoms with E-state index in [9.17, 15) is 4.79 Å². The number of hydrogen-bond donors (Lipinski definition) is 1. The molecule has 102 valence electrons. The van der Waals surface area contributed by atoms with Gasteiger partial charge in [-0.3, -0.25) is 0 Å². The summed E-state index contributed by atoms with van der Waals surface area (Å²) in [6.07, 6.45) is 7.77. The first-order valence-corrected chi connectivity index (χ1v) is 6.55. The molecule has 1 atom stereocenters.